The molecule has 0 spiro atoms. The number of nitrogens with zero attached hydrogens (tertiary/aromatic N) is 1. The second-order valence-electron chi connectivity index (χ2n) is 4.74. The lowest BCUT2D eigenvalue weighted by molar-refractivity contribution is 0.103. The summed E-state index contributed by atoms with van der Waals surface area (Å²) in [7, 11) is 0. The average molecular weight is 292 g/mol. The number of aryl methyl sites for hydroxylation is 1. The first kappa shape index (κ1) is 13.3. The first-order valence-electron chi connectivity index (χ1n) is 6.48. The predicted molar refractivity (Wildman–Crippen MR) is 85.7 cm³/mol. The van der Waals surface area contributed by atoms with Crippen molar-refractivity contribution in [2.24, 2.45) is 0 Å². The zero-order chi connectivity index (χ0) is 14.8. The number of nitriles is 1. The summed E-state index contributed by atoms with van der Waals surface area (Å²) in [4.78, 5) is 13.0. The van der Waals surface area contributed by atoms with Gasteiger partial charge in [-0.1, -0.05) is 24.3 Å². The van der Waals surface area contributed by atoms with E-state index in [-0.39, 0.29) is 5.91 Å². The van der Waals surface area contributed by atoms with Gasteiger partial charge >= 0.3 is 0 Å². The zero-order valence-electron chi connectivity index (χ0n) is 11.4. The number of thiophene rings is 1. The highest BCUT2D eigenvalue weighted by Gasteiger charge is 2.11. The number of hydrogen-bond donors (Lipinski definition) is 1. The Labute approximate surface area is 126 Å². The van der Waals surface area contributed by atoms with Gasteiger partial charge in [0.2, 0.25) is 0 Å². The third kappa shape index (κ3) is 2.64. The van der Waals surface area contributed by atoms with Crippen LogP contribution < -0.4 is 5.32 Å². The molecule has 1 N–H and O–H groups in total. The molecule has 0 atom stereocenters. The van der Waals surface area contributed by atoms with E-state index in [1.54, 1.807) is 12.1 Å². The number of amides is 1. The van der Waals surface area contributed by atoms with Gasteiger partial charge < -0.3 is 5.32 Å². The van der Waals surface area contributed by atoms with Gasteiger partial charge in [0.15, 0.2) is 0 Å². The fraction of sp³-hybridized carbons (Fsp3) is 0.0588. The molecule has 3 nitrogen and oxygen atoms in total. The highest BCUT2D eigenvalue weighted by molar-refractivity contribution is 7.20. The molecule has 0 unspecified atom stereocenters. The van der Waals surface area contributed by atoms with Crippen molar-refractivity contribution in [2.75, 3.05) is 5.32 Å². The summed E-state index contributed by atoms with van der Waals surface area (Å²) in [6.07, 6.45) is 0. The molecule has 3 rings (SSSR count). The van der Waals surface area contributed by atoms with Crippen LogP contribution in [0.15, 0.2) is 48.5 Å². The highest BCUT2D eigenvalue weighted by Crippen LogP contribution is 2.26. The molecule has 102 valence electrons. The van der Waals surface area contributed by atoms with Gasteiger partial charge in [0.05, 0.1) is 16.5 Å². The quantitative estimate of drug-likeness (QED) is 0.764. The van der Waals surface area contributed by atoms with E-state index in [4.69, 9.17) is 5.26 Å². The van der Waals surface area contributed by atoms with Crippen molar-refractivity contribution in [1.82, 2.24) is 0 Å². The molecular weight excluding hydrogens is 280 g/mol. The molecule has 1 heterocycles. The van der Waals surface area contributed by atoms with Gasteiger partial charge in [-0.2, -0.15) is 5.26 Å². The van der Waals surface area contributed by atoms with Crippen LogP contribution in [0.25, 0.3) is 10.1 Å². The monoisotopic (exact) mass is 292 g/mol. The molecule has 1 aromatic heterocycles. The van der Waals surface area contributed by atoms with Crippen LogP contribution in [0, 0.1) is 18.3 Å². The lowest BCUT2D eigenvalue weighted by Gasteiger charge is -2.07. The van der Waals surface area contributed by atoms with Crippen LogP contribution in [0.4, 0.5) is 5.69 Å². The fourth-order valence-corrected chi connectivity index (χ4v) is 3.06. The van der Waals surface area contributed by atoms with E-state index in [1.807, 2.05) is 43.3 Å². The molecule has 1 amide bonds. The molecule has 0 aliphatic carbocycles. The number of nitrogens with one attached hydrogen (secondary N) is 1. The largest absolute Gasteiger partial charge is 0.321 e. The summed E-state index contributed by atoms with van der Waals surface area (Å²) in [5, 5.41) is 12.9. The Morgan fingerprint density at radius 1 is 1.19 bits per heavy atom. The van der Waals surface area contributed by atoms with Gasteiger partial charge in [-0.25, -0.2) is 0 Å². The normalized spacial score (nSPS) is 10.3. The topological polar surface area (TPSA) is 52.9 Å². The Bertz CT molecular complexity index is 841. The molecule has 0 saturated carbocycles. The molecule has 3 aromatic rings. The Morgan fingerprint density at radius 2 is 2.00 bits per heavy atom. The van der Waals surface area contributed by atoms with Crippen molar-refractivity contribution in [3.05, 3.63) is 64.5 Å². The number of hydrogen-bond acceptors (Lipinski definition) is 3. The molecule has 0 fully saturated rings. The number of carbonyl (C=O) groups is 1. The summed E-state index contributed by atoms with van der Waals surface area (Å²) >= 11 is 1.46. The number of fused-ring (bicyclic) bond motifs is 1. The number of benzene rings is 2. The summed E-state index contributed by atoms with van der Waals surface area (Å²) in [5.41, 5.74) is 2.15. The first-order valence-corrected chi connectivity index (χ1v) is 7.30. The third-order valence-corrected chi connectivity index (χ3v) is 4.38. The van der Waals surface area contributed by atoms with Gasteiger partial charge in [0.25, 0.3) is 5.91 Å². The molecule has 0 bridgehead atoms. The average Bonchev–Trinajstić information content (AvgIpc) is 2.93. The van der Waals surface area contributed by atoms with Crippen molar-refractivity contribution in [2.45, 2.75) is 6.92 Å². The second-order valence-corrected chi connectivity index (χ2v) is 5.83. The van der Waals surface area contributed by atoms with E-state index < -0.39 is 0 Å². The molecule has 2 aromatic carbocycles. The maximum Gasteiger partial charge on any atom is 0.265 e. The molecule has 21 heavy (non-hydrogen) atoms. The van der Waals surface area contributed by atoms with Crippen LogP contribution in [0.2, 0.25) is 0 Å². The lowest BCUT2D eigenvalue weighted by Crippen LogP contribution is -2.11. The highest BCUT2D eigenvalue weighted by atomic mass is 32.1. The molecule has 0 aliphatic rings. The van der Waals surface area contributed by atoms with Crippen LogP contribution in [0.5, 0.6) is 0 Å². The van der Waals surface area contributed by atoms with E-state index in [0.717, 1.165) is 15.6 Å². The van der Waals surface area contributed by atoms with Gasteiger partial charge in [0, 0.05) is 10.4 Å². The predicted octanol–water partition coefficient (Wildman–Crippen LogP) is 4.33. The molecule has 0 radical (unpaired) electrons. The minimum atomic E-state index is -0.144. The van der Waals surface area contributed by atoms with Crippen LogP contribution in [-0.4, -0.2) is 5.91 Å². The summed E-state index contributed by atoms with van der Waals surface area (Å²) in [6.45, 7) is 1.90. The van der Waals surface area contributed by atoms with Gasteiger partial charge in [-0.15, -0.1) is 11.3 Å². The van der Waals surface area contributed by atoms with Crippen LogP contribution >= 0.6 is 11.3 Å². The van der Waals surface area contributed by atoms with E-state index in [2.05, 4.69) is 11.4 Å². The summed E-state index contributed by atoms with van der Waals surface area (Å²) < 4.78 is 1.09. The Kier molecular flexibility index (Phi) is 3.43. The second kappa shape index (κ2) is 5.39. The van der Waals surface area contributed by atoms with E-state index >= 15 is 0 Å². The first-order chi connectivity index (χ1) is 10.2. The Hall–Kier alpha value is -2.64. The maximum absolute atomic E-state index is 12.4. The van der Waals surface area contributed by atoms with E-state index in [9.17, 15) is 4.79 Å². The SMILES string of the molecule is Cc1ccc(C#N)cc1NC(=O)c1cc2ccccc2s1. The standard InChI is InChI=1S/C17H12N2OS/c1-11-6-7-12(10-18)8-14(11)19-17(20)16-9-13-4-2-3-5-15(13)21-16/h2-9H,1H3,(H,19,20). The maximum atomic E-state index is 12.4. The van der Waals surface area contributed by atoms with Crippen LogP contribution in [0.1, 0.15) is 20.8 Å². The zero-order valence-corrected chi connectivity index (χ0v) is 12.2. The van der Waals surface area contributed by atoms with Crippen molar-refractivity contribution < 1.29 is 4.79 Å². The number of anilines is 1. The molecule has 0 saturated heterocycles. The minimum Gasteiger partial charge on any atom is -0.321 e. The van der Waals surface area contributed by atoms with Gasteiger partial charge in [-0.3, -0.25) is 4.79 Å². The van der Waals surface area contributed by atoms with Crippen LogP contribution in [-0.2, 0) is 0 Å². The fourth-order valence-electron chi connectivity index (χ4n) is 2.10. The van der Waals surface area contributed by atoms with Gasteiger partial charge in [0.1, 0.15) is 0 Å². The minimum absolute atomic E-state index is 0.144. The van der Waals surface area contributed by atoms with Crippen molar-refractivity contribution >= 4 is 33.0 Å². The summed E-state index contributed by atoms with van der Waals surface area (Å²) in [6, 6.07) is 17.1. The van der Waals surface area contributed by atoms with Crippen molar-refractivity contribution in [1.29, 1.82) is 5.26 Å². The van der Waals surface area contributed by atoms with Crippen LogP contribution in [0.3, 0.4) is 0 Å². The molecular formula is C17H12N2OS. The summed E-state index contributed by atoms with van der Waals surface area (Å²) in [5.74, 6) is -0.144. The molecule has 0 aliphatic heterocycles. The van der Waals surface area contributed by atoms with E-state index in [1.165, 1.54) is 11.3 Å². The van der Waals surface area contributed by atoms with E-state index in [0.29, 0.717) is 16.1 Å². The molecule has 4 heteroatoms. The smallest absolute Gasteiger partial charge is 0.265 e. The van der Waals surface area contributed by atoms with Crippen molar-refractivity contribution in [3.8, 4) is 6.07 Å². The Balaban J connectivity index is 1.91. The van der Waals surface area contributed by atoms with Gasteiger partial charge in [-0.05, 0) is 42.1 Å². The Morgan fingerprint density at radius 3 is 2.76 bits per heavy atom. The number of rotatable bonds is 2. The number of carbonyl (C=O) groups excluding carboxylic acids is 1. The lowest BCUT2D eigenvalue weighted by atomic mass is 10.1. The van der Waals surface area contributed by atoms with Crippen molar-refractivity contribution in [3.63, 3.8) is 0 Å². The third-order valence-electron chi connectivity index (χ3n) is 3.26.